The minimum absolute atomic E-state index is 0.106. The van der Waals surface area contributed by atoms with E-state index in [9.17, 15) is 4.39 Å². The van der Waals surface area contributed by atoms with Crippen molar-refractivity contribution >= 4 is 15.9 Å². The molecule has 6 nitrogen and oxygen atoms in total. The van der Waals surface area contributed by atoms with Crippen molar-refractivity contribution in [2.45, 2.75) is 6.61 Å². The van der Waals surface area contributed by atoms with Gasteiger partial charge in [0.1, 0.15) is 29.7 Å². The lowest BCUT2D eigenvalue weighted by atomic mass is 10.1. The van der Waals surface area contributed by atoms with Gasteiger partial charge in [-0.15, -0.1) is 0 Å². The summed E-state index contributed by atoms with van der Waals surface area (Å²) in [6.07, 6.45) is 1.74. The molecular formula is C25H22BrFN2O4. The van der Waals surface area contributed by atoms with E-state index in [0.717, 1.165) is 16.8 Å². The molecule has 0 spiro atoms. The molecule has 1 aromatic heterocycles. The lowest BCUT2D eigenvalue weighted by Gasteiger charge is -2.12. The first-order chi connectivity index (χ1) is 16.0. The van der Waals surface area contributed by atoms with E-state index in [0.29, 0.717) is 38.9 Å². The molecule has 0 aliphatic rings. The zero-order valence-electron chi connectivity index (χ0n) is 18.3. The number of benzene rings is 3. The standard InChI is InChI=1S/C25H22BrFN2O4/c1-30-22-9-5-15(10-24(22)32-3)25-28-13-21(29-25)19-8-7-18(12-23(19)31-2)33-14-16-4-6-17(26)11-20(16)27/h4-13H,14H2,1-3H3,(H,28,29). The number of nitrogens with zero attached hydrogens (tertiary/aromatic N) is 1. The topological polar surface area (TPSA) is 65.6 Å². The Kier molecular flexibility index (Phi) is 6.84. The summed E-state index contributed by atoms with van der Waals surface area (Å²) in [5.41, 5.74) is 2.92. The third-order valence-corrected chi connectivity index (χ3v) is 5.60. The van der Waals surface area contributed by atoms with Crippen molar-refractivity contribution in [2.24, 2.45) is 0 Å². The molecule has 1 heterocycles. The highest BCUT2D eigenvalue weighted by molar-refractivity contribution is 9.10. The summed E-state index contributed by atoms with van der Waals surface area (Å²) in [7, 11) is 4.77. The highest BCUT2D eigenvalue weighted by Crippen LogP contribution is 2.35. The Morgan fingerprint density at radius 3 is 2.39 bits per heavy atom. The minimum Gasteiger partial charge on any atom is -0.496 e. The summed E-state index contributed by atoms with van der Waals surface area (Å²) < 4.78 is 36.8. The van der Waals surface area contributed by atoms with Crippen molar-refractivity contribution in [3.8, 4) is 45.6 Å². The predicted molar refractivity (Wildman–Crippen MR) is 128 cm³/mol. The van der Waals surface area contributed by atoms with Crippen LogP contribution in [-0.4, -0.2) is 31.3 Å². The summed E-state index contributed by atoms with van der Waals surface area (Å²) in [6.45, 7) is 0.106. The zero-order chi connectivity index (χ0) is 23.4. The quantitative estimate of drug-likeness (QED) is 0.302. The van der Waals surface area contributed by atoms with Crippen LogP contribution in [0.5, 0.6) is 23.0 Å². The third-order valence-electron chi connectivity index (χ3n) is 5.11. The Balaban J connectivity index is 1.55. The fourth-order valence-electron chi connectivity index (χ4n) is 3.37. The molecule has 0 radical (unpaired) electrons. The number of hydrogen-bond acceptors (Lipinski definition) is 5. The van der Waals surface area contributed by atoms with E-state index >= 15 is 0 Å². The number of imidazole rings is 1. The van der Waals surface area contributed by atoms with Gasteiger partial charge in [0.2, 0.25) is 0 Å². The predicted octanol–water partition coefficient (Wildman–Crippen LogP) is 6.25. The van der Waals surface area contributed by atoms with Crippen LogP contribution in [0, 0.1) is 5.82 Å². The van der Waals surface area contributed by atoms with Gasteiger partial charge in [0.15, 0.2) is 11.5 Å². The number of aromatic amines is 1. The smallest absolute Gasteiger partial charge is 0.161 e. The van der Waals surface area contributed by atoms with Gasteiger partial charge < -0.3 is 23.9 Å². The first kappa shape index (κ1) is 22.7. The number of ether oxygens (including phenoxy) is 4. The largest absolute Gasteiger partial charge is 0.496 e. The number of rotatable bonds is 8. The normalized spacial score (nSPS) is 10.7. The average molecular weight is 513 g/mol. The van der Waals surface area contributed by atoms with E-state index in [2.05, 4.69) is 25.9 Å². The summed E-state index contributed by atoms with van der Waals surface area (Å²) >= 11 is 3.25. The summed E-state index contributed by atoms with van der Waals surface area (Å²) in [6, 6.07) is 15.9. The third kappa shape index (κ3) is 4.96. The van der Waals surface area contributed by atoms with Gasteiger partial charge in [-0.2, -0.15) is 0 Å². The van der Waals surface area contributed by atoms with Gasteiger partial charge in [-0.25, -0.2) is 9.37 Å². The maximum absolute atomic E-state index is 14.1. The molecule has 0 saturated heterocycles. The van der Waals surface area contributed by atoms with Gasteiger partial charge in [-0.1, -0.05) is 22.0 Å². The number of halogens is 2. The van der Waals surface area contributed by atoms with Crippen LogP contribution in [0.4, 0.5) is 4.39 Å². The highest BCUT2D eigenvalue weighted by Gasteiger charge is 2.14. The molecule has 1 N–H and O–H groups in total. The molecule has 0 unspecified atom stereocenters. The molecule has 8 heteroatoms. The number of aromatic nitrogens is 2. The first-order valence-electron chi connectivity index (χ1n) is 10.0. The van der Waals surface area contributed by atoms with Gasteiger partial charge in [-0.3, -0.25) is 0 Å². The minimum atomic E-state index is -0.326. The van der Waals surface area contributed by atoms with Gasteiger partial charge in [0.05, 0.1) is 33.2 Å². The number of methoxy groups -OCH3 is 3. The lowest BCUT2D eigenvalue weighted by Crippen LogP contribution is -1.99. The molecule has 33 heavy (non-hydrogen) atoms. The molecule has 170 valence electrons. The summed E-state index contributed by atoms with van der Waals surface area (Å²) in [5, 5.41) is 0. The molecule has 3 aromatic carbocycles. The van der Waals surface area contributed by atoms with Crippen LogP contribution in [0.3, 0.4) is 0 Å². The number of H-pyrrole nitrogens is 1. The Morgan fingerprint density at radius 1 is 0.879 bits per heavy atom. The molecular weight excluding hydrogens is 491 g/mol. The van der Waals surface area contributed by atoms with Crippen molar-refractivity contribution in [3.05, 3.63) is 76.6 Å². The fraction of sp³-hybridized carbons (Fsp3) is 0.160. The highest BCUT2D eigenvalue weighted by atomic mass is 79.9. The fourth-order valence-corrected chi connectivity index (χ4v) is 3.71. The molecule has 4 rings (SSSR count). The Bertz CT molecular complexity index is 1280. The van der Waals surface area contributed by atoms with E-state index < -0.39 is 0 Å². The summed E-state index contributed by atoms with van der Waals surface area (Å²) in [5.74, 6) is 2.79. The van der Waals surface area contributed by atoms with Crippen molar-refractivity contribution < 1.29 is 23.3 Å². The van der Waals surface area contributed by atoms with Crippen LogP contribution in [0.15, 0.2) is 65.3 Å². The van der Waals surface area contributed by atoms with E-state index in [-0.39, 0.29) is 12.4 Å². The molecule has 0 fully saturated rings. The molecule has 0 amide bonds. The lowest BCUT2D eigenvalue weighted by molar-refractivity contribution is 0.297. The molecule has 4 aromatic rings. The maximum Gasteiger partial charge on any atom is 0.161 e. The van der Waals surface area contributed by atoms with Crippen LogP contribution in [0.25, 0.3) is 22.6 Å². The zero-order valence-corrected chi connectivity index (χ0v) is 19.9. The Labute approximate surface area is 199 Å². The second kappa shape index (κ2) is 9.95. The number of hydrogen-bond donors (Lipinski definition) is 1. The number of nitrogens with one attached hydrogen (secondary N) is 1. The Hall–Kier alpha value is -3.52. The second-order valence-electron chi connectivity index (χ2n) is 7.10. The van der Waals surface area contributed by atoms with Crippen LogP contribution in [0.2, 0.25) is 0 Å². The van der Waals surface area contributed by atoms with Gasteiger partial charge in [-0.05, 0) is 42.5 Å². The molecule has 0 aliphatic heterocycles. The molecule has 0 bridgehead atoms. The monoisotopic (exact) mass is 512 g/mol. The summed E-state index contributed by atoms with van der Waals surface area (Å²) in [4.78, 5) is 7.82. The molecule has 0 saturated carbocycles. The van der Waals surface area contributed by atoms with Crippen molar-refractivity contribution in [1.29, 1.82) is 0 Å². The second-order valence-corrected chi connectivity index (χ2v) is 8.02. The molecule has 0 aliphatic carbocycles. The van der Waals surface area contributed by atoms with Gasteiger partial charge in [0.25, 0.3) is 0 Å². The SMILES string of the molecule is COc1ccc(-c2ncc(-c3ccc(OCc4ccc(Br)cc4F)cc3OC)[nH]2)cc1OC. The van der Waals surface area contributed by atoms with Crippen molar-refractivity contribution in [3.63, 3.8) is 0 Å². The van der Waals surface area contributed by atoms with E-state index in [1.165, 1.54) is 6.07 Å². The first-order valence-corrected chi connectivity index (χ1v) is 10.8. The van der Waals surface area contributed by atoms with Crippen LogP contribution < -0.4 is 18.9 Å². The van der Waals surface area contributed by atoms with Crippen molar-refractivity contribution in [2.75, 3.05) is 21.3 Å². The van der Waals surface area contributed by atoms with E-state index in [1.807, 2.05) is 30.3 Å². The Morgan fingerprint density at radius 2 is 1.67 bits per heavy atom. The molecule has 0 atom stereocenters. The van der Waals surface area contributed by atoms with E-state index in [1.54, 1.807) is 45.7 Å². The average Bonchev–Trinajstić information content (AvgIpc) is 3.33. The van der Waals surface area contributed by atoms with Crippen LogP contribution in [-0.2, 0) is 6.61 Å². The van der Waals surface area contributed by atoms with Gasteiger partial charge >= 0.3 is 0 Å². The van der Waals surface area contributed by atoms with Crippen LogP contribution in [0.1, 0.15) is 5.56 Å². The van der Waals surface area contributed by atoms with Crippen molar-refractivity contribution in [1.82, 2.24) is 9.97 Å². The van der Waals surface area contributed by atoms with Crippen LogP contribution >= 0.6 is 15.9 Å². The van der Waals surface area contributed by atoms with Gasteiger partial charge in [0, 0.05) is 27.2 Å². The van der Waals surface area contributed by atoms with E-state index in [4.69, 9.17) is 18.9 Å². The maximum atomic E-state index is 14.1.